The Morgan fingerprint density at radius 3 is 2.63 bits per heavy atom. The van der Waals surface area contributed by atoms with E-state index in [4.69, 9.17) is 10.5 Å². The number of para-hydroxylation sites is 2. The van der Waals surface area contributed by atoms with Crippen LogP contribution in [0.1, 0.15) is 5.56 Å². The van der Waals surface area contributed by atoms with Crippen LogP contribution in [0, 0.1) is 10.1 Å². The van der Waals surface area contributed by atoms with E-state index >= 15 is 0 Å². The molecule has 0 atom stereocenters. The number of ether oxygens (including phenoxy) is 1. The van der Waals surface area contributed by atoms with Crippen molar-refractivity contribution in [3.8, 4) is 5.75 Å². The van der Waals surface area contributed by atoms with Crippen molar-refractivity contribution in [2.75, 3.05) is 5.73 Å². The van der Waals surface area contributed by atoms with E-state index in [1.807, 2.05) is 18.2 Å². The Morgan fingerprint density at radius 1 is 1.21 bits per heavy atom. The number of halogens is 1. The number of nitro groups is 1. The average Bonchev–Trinajstić information content (AvgIpc) is 2.39. The first kappa shape index (κ1) is 13.4. The first-order valence-corrected chi connectivity index (χ1v) is 6.28. The Bertz CT molecular complexity index is 617. The van der Waals surface area contributed by atoms with E-state index in [0.29, 0.717) is 11.3 Å². The Balaban J connectivity index is 2.19. The van der Waals surface area contributed by atoms with Gasteiger partial charge in [0.05, 0.1) is 9.40 Å². The first-order chi connectivity index (χ1) is 9.09. The highest BCUT2D eigenvalue weighted by molar-refractivity contribution is 9.10. The second-order valence-electron chi connectivity index (χ2n) is 3.83. The van der Waals surface area contributed by atoms with Crippen LogP contribution in [0.25, 0.3) is 0 Å². The van der Waals surface area contributed by atoms with Crippen LogP contribution in [0.3, 0.4) is 0 Å². The van der Waals surface area contributed by atoms with Gasteiger partial charge in [-0.3, -0.25) is 10.1 Å². The molecule has 6 heteroatoms. The summed E-state index contributed by atoms with van der Waals surface area (Å²) in [6.07, 6.45) is 0. The van der Waals surface area contributed by atoms with E-state index in [0.717, 1.165) is 4.47 Å². The van der Waals surface area contributed by atoms with E-state index in [1.165, 1.54) is 6.07 Å². The van der Waals surface area contributed by atoms with Crippen LogP contribution < -0.4 is 10.5 Å². The lowest BCUT2D eigenvalue weighted by Gasteiger charge is -2.09. The normalized spacial score (nSPS) is 10.2. The SMILES string of the molecule is Nc1c(COc2ccccc2Br)cccc1[N+](=O)[O-]. The molecule has 2 N–H and O–H groups in total. The maximum Gasteiger partial charge on any atom is 0.292 e. The van der Waals surface area contributed by atoms with Crippen molar-refractivity contribution in [1.29, 1.82) is 0 Å². The molecule has 0 aliphatic heterocycles. The summed E-state index contributed by atoms with van der Waals surface area (Å²) in [6, 6.07) is 12.0. The summed E-state index contributed by atoms with van der Waals surface area (Å²) < 4.78 is 6.41. The van der Waals surface area contributed by atoms with Crippen LogP contribution in [0.4, 0.5) is 11.4 Å². The molecule has 0 saturated heterocycles. The Kier molecular flexibility index (Phi) is 4.01. The third kappa shape index (κ3) is 3.03. The number of rotatable bonds is 4. The van der Waals surface area contributed by atoms with Gasteiger partial charge in [0.2, 0.25) is 0 Å². The van der Waals surface area contributed by atoms with Crippen molar-refractivity contribution in [3.05, 3.63) is 62.6 Å². The molecule has 0 aliphatic rings. The molecule has 0 aliphatic carbocycles. The third-order valence-corrected chi connectivity index (χ3v) is 3.25. The molecule has 2 rings (SSSR count). The molecule has 98 valence electrons. The predicted octanol–water partition coefficient (Wildman–Crippen LogP) is 3.52. The summed E-state index contributed by atoms with van der Waals surface area (Å²) in [6.45, 7) is 0.177. The molecule has 2 aromatic carbocycles. The summed E-state index contributed by atoms with van der Waals surface area (Å²) in [5.74, 6) is 0.661. The molecule has 0 heterocycles. The van der Waals surface area contributed by atoms with Gasteiger partial charge in [-0.25, -0.2) is 0 Å². The number of anilines is 1. The molecule has 0 radical (unpaired) electrons. The van der Waals surface area contributed by atoms with Gasteiger partial charge in [-0.15, -0.1) is 0 Å². The number of nitrogen functional groups attached to an aromatic ring is 1. The Hall–Kier alpha value is -2.08. The number of nitrogens with zero attached hydrogens (tertiary/aromatic N) is 1. The second-order valence-corrected chi connectivity index (χ2v) is 4.68. The molecular weight excluding hydrogens is 312 g/mol. The van der Waals surface area contributed by atoms with Gasteiger partial charge in [0.15, 0.2) is 0 Å². The maximum absolute atomic E-state index is 10.8. The van der Waals surface area contributed by atoms with Crippen molar-refractivity contribution in [2.24, 2.45) is 0 Å². The lowest BCUT2D eigenvalue weighted by Crippen LogP contribution is -2.03. The zero-order valence-corrected chi connectivity index (χ0v) is 11.5. The van der Waals surface area contributed by atoms with Gasteiger partial charge in [-0.2, -0.15) is 0 Å². The van der Waals surface area contributed by atoms with Crippen LogP contribution >= 0.6 is 15.9 Å². The summed E-state index contributed by atoms with van der Waals surface area (Å²) in [5, 5.41) is 10.8. The number of benzene rings is 2. The Labute approximate surface area is 118 Å². The van der Waals surface area contributed by atoms with Crippen molar-refractivity contribution in [1.82, 2.24) is 0 Å². The number of nitrogens with two attached hydrogens (primary N) is 1. The minimum absolute atomic E-state index is 0.103. The highest BCUT2D eigenvalue weighted by Gasteiger charge is 2.14. The summed E-state index contributed by atoms with van der Waals surface area (Å²) in [5.41, 5.74) is 6.38. The molecular formula is C13H11BrN2O3. The van der Waals surface area contributed by atoms with Crippen LogP contribution in [-0.2, 0) is 6.61 Å². The lowest BCUT2D eigenvalue weighted by molar-refractivity contribution is -0.384. The highest BCUT2D eigenvalue weighted by Crippen LogP contribution is 2.28. The smallest absolute Gasteiger partial charge is 0.292 e. The standard InChI is InChI=1S/C13H11BrN2O3/c14-10-5-1-2-7-12(10)19-8-9-4-3-6-11(13(9)15)16(17)18/h1-7H,8,15H2. The second kappa shape index (κ2) is 5.71. The molecule has 0 bridgehead atoms. The minimum atomic E-state index is -0.503. The Morgan fingerprint density at radius 2 is 1.95 bits per heavy atom. The van der Waals surface area contributed by atoms with E-state index < -0.39 is 4.92 Å². The molecule has 5 nitrogen and oxygen atoms in total. The van der Waals surface area contributed by atoms with E-state index in [-0.39, 0.29) is 18.0 Å². The zero-order chi connectivity index (χ0) is 13.8. The van der Waals surface area contributed by atoms with E-state index in [2.05, 4.69) is 15.9 Å². The fourth-order valence-electron chi connectivity index (χ4n) is 1.60. The van der Waals surface area contributed by atoms with Gasteiger partial charge in [-0.05, 0) is 28.1 Å². The largest absolute Gasteiger partial charge is 0.488 e. The van der Waals surface area contributed by atoms with Crippen molar-refractivity contribution >= 4 is 27.3 Å². The monoisotopic (exact) mass is 322 g/mol. The topological polar surface area (TPSA) is 78.4 Å². The van der Waals surface area contributed by atoms with Crippen LogP contribution in [0.5, 0.6) is 5.75 Å². The van der Waals surface area contributed by atoms with Gasteiger partial charge in [0.1, 0.15) is 18.0 Å². The molecule has 19 heavy (non-hydrogen) atoms. The molecule has 0 aromatic heterocycles. The fourth-order valence-corrected chi connectivity index (χ4v) is 2.00. The lowest BCUT2D eigenvalue weighted by atomic mass is 10.1. The molecule has 0 saturated carbocycles. The van der Waals surface area contributed by atoms with Crippen LogP contribution in [-0.4, -0.2) is 4.92 Å². The zero-order valence-electron chi connectivity index (χ0n) is 9.88. The van der Waals surface area contributed by atoms with Gasteiger partial charge in [0, 0.05) is 11.6 Å². The molecule has 0 amide bonds. The summed E-state index contributed by atoms with van der Waals surface area (Å²) >= 11 is 3.36. The van der Waals surface area contributed by atoms with E-state index in [1.54, 1.807) is 18.2 Å². The van der Waals surface area contributed by atoms with Gasteiger partial charge >= 0.3 is 0 Å². The van der Waals surface area contributed by atoms with E-state index in [9.17, 15) is 10.1 Å². The minimum Gasteiger partial charge on any atom is -0.488 e. The fraction of sp³-hybridized carbons (Fsp3) is 0.0769. The first-order valence-electron chi connectivity index (χ1n) is 5.48. The van der Waals surface area contributed by atoms with Crippen LogP contribution in [0.15, 0.2) is 46.9 Å². The highest BCUT2D eigenvalue weighted by atomic mass is 79.9. The van der Waals surface area contributed by atoms with Crippen molar-refractivity contribution < 1.29 is 9.66 Å². The maximum atomic E-state index is 10.8. The molecule has 0 spiro atoms. The van der Waals surface area contributed by atoms with Gasteiger partial charge in [0.25, 0.3) is 5.69 Å². The quantitative estimate of drug-likeness (QED) is 0.530. The molecule has 0 unspecified atom stereocenters. The number of hydrogen-bond donors (Lipinski definition) is 1. The molecule has 0 fully saturated rings. The van der Waals surface area contributed by atoms with Crippen molar-refractivity contribution in [2.45, 2.75) is 6.61 Å². The number of nitro benzene ring substituents is 1. The number of hydrogen-bond acceptors (Lipinski definition) is 4. The van der Waals surface area contributed by atoms with Crippen molar-refractivity contribution in [3.63, 3.8) is 0 Å². The third-order valence-electron chi connectivity index (χ3n) is 2.59. The van der Waals surface area contributed by atoms with Gasteiger partial charge < -0.3 is 10.5 Å². The van der Waals surface area contributed by atoms with Gasteiger partial charge in [-0.1, -0.05) is 24.3 Å². The van der Waals surface area contributed by atoms with Crippen LogP contribution in [0.2, 0.25) is 0 Å². The average molecular weight is 323 g/mol. The summed E-state index contributed by atoms with van der Waals surface area (Å²) in [7, 11) is 0. The predicted molar refractivity (Wildman–Crippen MR) is 76.0 cm³/mol. The summed E-state index contributed by atoms with van der Waals surface area (Å²) in [4.78, 5) is 10.3. The molecule has 2 aromatic rings.